The molecule has 0 spiro atoms. The Kier molecular flexibility index (Phi) is 4.59. The third-order valence-electron chi connectivity index (χ3n) is 4.13. The summed E-state index contributed by atoms with van der Waals surface area (Å²) >= 11 is 7.38. The maximum Gasteiger partial charge on any atom is 0.266 e. The second-order valence-corrected chi connectivity index (χ2v) is 8.98. The summed E-state index contributed by atoms with van der Waals surface area (Å²) in [6.07, 6.45) is 0. The zero-order valence-corrected chi connectivity index (χ0v) is 16.8. The molecular weight excluding hydrogens is 418 g/mol. The molecule has 140 valence electrons. The third-order valence-corrected chi connectivity index (χ3v) is 7.32. The van der Waals surface area contributed by atoms with Crippen molar-refractivity contribution in [3.8, 4) is 16.5 Å². The fraction of sp³-hybridized carbons (Fsp3) is 0.0526. The predicted octanol–water partition coefficient (Wildman–Crippen LogP) is 5.19. The highest BCUT2D eigenvalue weighted by molar-refractivity contribution is 7.93. The molecule has 9 heteroatoms. The van der Waals surface area contributed by atoms with Crippen molar-refractivity contribution in [1.82, 2.24) is 5.16 Å². The van der Waals surface area contributed by atoms with Gasteiger partial charge in [0, 0.05) is 15.6 Å². The second kappa shape index (κ2) is 6.95. The van der Waals surface area contributed by atoms with Gasteiger partial charge in [0.1, 0.15) is 15.6 Å². The topological polar surface area (TPSA) is 96.0 Å². The van der Waals surface area contributed by atoms with E-state index in [0.29, 0.717) is 27.1 Å². The highest BCUT2D eigenvalue weighted by Gasteiger charge is 2.28. The van der Waals surface area contributed by atoms with E-state index in [1.807, 2.05) is 12.1 Å². The van der Waals surface area contributed by atoms with Crippen molar-refractivity contribution in [3.63, 3.8) is 0 Å². The van der Waals surface area contributed by atoms with Crippen LogP contribution in [0.2, 0.25) is 5.02 Å². The largest absolute Gasteiger partial charge is 0.336 e. The number of thiophene rings is 1. The Morgan fingerprint density at radius 1 is 1.18 bits per heavy atom. The number of hydrogen-bond donors (Lipinski definition) is 1. The lowest BCUT2D eigenvalue weighted by Crippen LogP contribution is -2.13. The van der Waals surface area contributed by atoms with Crippen LogP contribution in [0.1, 0.15) is 11.3 Å². The van der Waals surface area contributed by atoms with E-state index in [-0.39, 0.29) is 15.8 Å². The van der Waals surface area contributed by atoms with Crippen LogP contribution in [0.25, 0.3) is 20.5 Å². The van der Waals surface area contributed by atoms with Crippen LogP contribution >= 0.6 is 22.9 Å². The van der Waals surface area contributed by atoms with E-state index in [1.54, 1.807) is 43.3 Å². The summed E-state index contributed by atoms with van der Waals surface area (Å²) in [4.78, 5) is 0.541. The Balaban J connectivity index is 1.98. The number of nitrogens with zero attached hydrogens (tertiary/aromatic N) is 2. The molecule has 6 nitrogen and oxygen atoms in total. The summed E-state index contributed by atoms with van der Waals surface area (Å²) in [6, 6.07) is 16.2. The van der Waals surface area contributed by atoms with Crippen molar-refractivity contribution < 1.29 is 12.9 Å². The van der Waals surface area contributed by atoms with E-state index in [1.165, 1.54) is 11.3 Å². The fourth-order valence-corrected chi connectivity index (χ4v) is 5.97. The third kappa shape index (κ3) is 3.03. The first kappa shape index (κ1) is 18.5. The van der Waals surface area contributed by atoms with Crippen molar-refractivity contribution in [2.24, 2.45) is 0 Å². The van der Waals surface area contributed by atoms with E-state index in [0.717, 1.165) is 4.70 Å². The minimum atomic E-state index is -4.08. The molecule has 0 atom stereocenters. The molecule has 4 rings (SSSR count). The van der Waals surface area contributed by atoms with Crippen molar-refractivity contribution >= 4 is 48.9 Å². The molecule has 0 amide bonds. The monoisotopic (exact) mass is 429 g/mol. The molecule has 2 aromatic heterocycles. The van der Waals surface area contributed by atoms with Crippen LogP contribution in [0.15, 0.2) is 57.9 Å². The molecular formula is C19H12ClN3O3S2. The van der Waals surface area contributed by atoms with Crippen LogP contribution in [0.4, 0.5) is 5.88 Å². The lowest BCUT2D eigenvalue weighted by molar-refractivity contribution is 0.430. The van der Waals surface area contributed by atoms with Gasteiger partial charge in [0.2, 0.25) is 0 Å². The van der Waals surface area contributed by atoms with Crippen LogP contribution in [0, 0.1) is 18.3 Å². The van der Waals surface area contributed by atoms with Gasteiger partial charge in [-0.05, 0) is 19.1 Å². The summed E-state index contributed by atoms with van der Waals surface area (Å²) < 4.78 is 34.8. The predicted molar refractivity (Wildman–Crippen MR) is 109 cm³/mol. The number of hydrogen-bond acceptors (Lipinski definition) is 6. The van der Waals surface area contributed by atoms with E-state index >= 15 is 0 Å². The highest BCUT2D eigenvalue weighted by Crippen LogP contribution is 2.43. The minimum Gasteiger partial charge on any atom is -0.336 e. The Bertz CT molecular complexity index is 1350. The SMILES string of the molecule is Cc1noc(NS(=O)(=O)c2c(-c3ccccc3C#N)sc3ccccc23)c1Cl. The Morgan fingerprint density at radius 3 is 2.61 bits per heavy atom. The summed E-state index contributed by atoms with van der Waals surface area (Å²) in [5.74, 6) is -0.144. The van der Waals surface area contributed by atoms with Crippen molar-refractivity contribution in [3.05, 3.63) is 64.8 Å². The van der Waals surface area contributed by atoms with Gasteiger partial charge in [-0.2, -0.15) is 5.26 Å². The van der Waals surface area contributed by atoms with Gasteiger partial charge in [-0.25, -0.2) is 13.1 Å². The van der Waals surface area contributed by atoms with E-state index in [9.17, 15) is 13.7 Å². The van der Waals surface area contributed by atoms with E-state index in [4.69, 9.17) is 16.1 Å². The summed E-state index contributed by atoms with van der Waals surface area (Å²) in [5, 5.41) is 13.8. The average Bonchev–Trinajstić information content (AvgIpc) is 3.23. The lowest BCUT2D eigenvalue weighted by atomic mass is 10.1. The van der Waals surface area contributed by atoms with Crippen LogP contribution in [-0.4, -0.2) is 13.6 Å². The van der Waals surface area contributed by atoms with Gasteiger partial charge in [0.15, 0.2) is 0 Å². The number of nitrogens with one attached hydrogen (secondary N) is 1. The molecule has 2 aromatic carbocycles. The molecule has 28 heavy (non-hydrogen) atoms. The van der Waals surface area contributed by atoms with Gasteiger partial charge in [0.05, 0.1) is 16.5 Å². The number of aromatic nitrogens is 1. The van der Waals surface area contributed by atoms with E-state index in [2.05, 4.69) is 15.9 Å². The molecule has 0 aliphatic carbocycles. The van der Waals surface area contributed by atoms with Gasteiger partial charge in [-0.15, -0.1) is 11.3 Å². The highest BCUT2D eigenvalue weighted by atomic mass is 35.5. The lowest BCUT2D eigenvalue weighted by Gasteiger charge is -2.09. The van der Waals surface area contributed by atoms with Crippen LogP contribution in [-0.2, 0) is 10.0 Å². The number of sulfonamides is 1. The fourth-order valence-electron chi connectivity index (χ4n) is 2.84. The summed E-state index contributed by atoms with van der Waals surface area (Å²) in [7, 11) is -4.08. The number of benzene rings is 2. The minimum absolute atomic E-state index is 0.0703. The van der Waals surface area contributed by atoms with Gasteiger partial charge < -0.3 is 4.52 Å². The average molecular weight is 430 g/mol. The smallest absolute Gasteiger partial charge is 0.266 e. The van der Waals surface area contributed by atoms with E-state index < -0.39 is 10.0 Å². The Labute approximate surface area is 170 Å². The van der Waals surface area contributed by atoms with Crippen LogP contribution < -0.4 is 4.72 Å². The van der Waals surface area contributed by atoms with Gasteiger partial charge in [-0.1, -0.05) is 53.2 Å². The molecule has 2 heterocycles. The molecule has 0 unspecified atom stereocenters. The molecule has 0 radical (unpaired) electrons. The van der Waals surface area contributed by atoms with Crippen LogP contribution in [0.5, 0.6) is 0 Å². The molecule has 0 saturated carbocycles. The molecule has 0 aliphatic heterocycles. The number of anilines is 1. The van der Waals surface area contributed by atoms with Gasteiger partial charge >= 0.3 is 0 Å². The van der Waals surface area contributed by atoms with Crippen molar-refractivity contribution in [1.29, 1.82) is 5.26 Å². The molecule has 4 aromatic rings. The molecule has 0 fully saturated rings. The molecule has 0 bridgehead atoms. The number of fused-ring (bicyclic) bond motifs is 1. The molecule has 0 saturated heterocycles. The zero-order valence-electron chi connectivity index (χ0n) is 14.4. The number of aryl methyl sites for hydroxylation is 1. The number of halogens is 1. The first-order valence-corrected chi connectivity index (χ1v) is 10.8. The first-order chi connectivity index (χ1) is 13.4. The zero-order chi connectivity index (χ0) is 19.9. The van der Waals surface area contributed by atoms with Gasteiger partial charge in [0.25, 0.3) is 15.9 Å². The Hall–Kier alpha value is -2.86. The summed E-state index contributed by atoms with van der Waals surface area (Å²) in [6.45, 7) is 1.61. The first-order valence-electron chi connectivity index (χ1n) is 8.08. The second-order valence-electron chi connectivity index (χ2n) is 5.93. The Morgan fingerprint density at radius 2 is 1.89 bits per heavy atom. The molecule has 0 aliphatic rings. The molecule has 1 N–H and O–H groups in total. The normalized spacial score (nSPS) is 11.5. The van der Waals surface area contributed by atoms with Crippen LogP contribution in [0.3, 0.4) is 0 Å². The standard InChI is InChI=1S/C19H12ClN3O3S2/c1-11-16(20)19(26-22-11)23-28(24,25)18-14-8-4-5-9-15(14)27-17(18)13-7-3-2-6-12(13)10-21/h2-9,23H,1H3. The van der Waals surface area contributed by atoms with Crippen molar-refractivity contribution in [2.75, 3.05) is 4.72 Å². The quantitative estimate of drug-likeness (QED) is 0.481. The van der Waals surface area contributed by atoms with Crippen molar-refractivity contribution in [2.45, 2.75) is 11.8 Å². The maximum atomic E-state index is 13.3. The maximum absolute atomic E-state index is 13.3. The summed E-state index contributed by atoms with van der Waals surface area (Å²) in [5.41, 5.74) is 1.31. The number of rotatable bonds is 4. The van der Waals surface area contributed by atoms with Gasteiger partial charge in [-0.3, -0.25) is 0 Å². The number of nitriles is 1.